The quantitative estimate of drug-likeness (QED) is 0.402. The first-order chi connectivity index (χ1) is 11.6. The molecule has 1 amide bonds. The Balaban J connectivity index is 2.38. The number of ketones is 1. The lowest BCUT2D eigenvalue weighted by Gasteiger charge is -2.20. The first-order valence-corrected chi connectivity index (χ1v) is 9.46. The van der Waals surface area contributed by atoms with Crippen LogP contribution in [0.4, 0.5) is 0 Å². The first kappa shape index (κ1) is 20.4. The van der Waals surface area contributed by atoms with Gasteiger partial charge in [-0.05, 0) is 6.42 Å². The summed E-state index contributed by atoms with van der Waals surface area (Å²) in [6.45, 7) is 4.05. The monoisotopic (exact) mass is 331 g/mol. The summed E-state index contributed by atoms with van der Waals surface area (Å²) < 4.78 is 0. The number of carbonyl (C=O) groups is 2. The summed E-state index contributed by atoms with van der Waals surface area (Å²) in [5.41, 5.74) is 6.22. The molecule has 1 rings (SSSR count). The lowest BCUT2D eigenvalue weighted by atomic mass is 9.83. The Morgan fingerprint density at radius 1 is 0.917 bits per heavy atom. The molecule has 134 valence electrons. The predicted molar refractivity (Wildman–Crippen MR) is 99.8 cm³/mol. The SMILES string of the molecule is CCCCCCCCCCC(C(N)=O)C(C)C(=O)c1ccccc1. The number of unbranched alkanes of at least 4 members (excludes halogenated alkanes) is 7. The van der Waals surface area contributed by atoms with Gasteiger partial charge in [0.2, 0.25) is 5.91 Å². The third-order valence-electron chi connectivity index (χ3n) is 4.81. The molecule has 0 saturated carbocycles. The summed E-state index contributed by atoms with van der Waals surface area (Å²) in [5.74, 6) is -1.05. The minimum atomic E-state index is -0.363. The minimum absolute atomic E-state index is 0.0129. The zero-order valence-corrected chi connectivity index (χ0v) is 15.3. The molecule has 1 aromatic rings. The largest absolute Gasteiger partial charge is 0.369 e. The maximum atomic E-state index is 12.5. The zero-order chi connectivity index (χ0) is 17.8. The summed E-state index contributed by atoms with van der Waals surface area (Å²) in [5, 5.41) is 0. The van der Waals surface area contributed by atoms with E-state index < -0.39 is 0 Å². The Labute approximate surface area is 147 Å². The van der Waals surface area contributed by atoms with Gasteiger partial charge in [-0.3, -0.25) is 9.59 Å². The molecule has 3 nitrogen and oxygen atoms in total. The highest BCUT2D eigenvalue weighted by molar-refractivity contribution is 6.00. The maximum Gasteiger partial charge on any atom is 0.221 e. The second kappa shape index (κ2) is 11.8. The molecule has 0 bridgehead atoms. The van der Waals surface area contributed by atoms with E-state index in [0.29, 0.717) is 12.0 Å². The number of Topliss-reactive ketones (excluding diaryl/α,β-unsaturated/α-hetero) is 1. The average Bonchev–Trinajstić information content (AvgIpc) is 2.59. The van der Waals surface area contributed by atoms with E-state index in [4.69, 9.17) is 5.73 Å². The zero-order valence-electron chi connectivity index (χ0n) is 15.3. The van der Waals surface area contributed by atoms with Gasteiger partial charge < -0.3 is 5.73 Å². The molecule has 3 heteroatoms. The Kier molecular flexibility index (Phi) is 10.1. The molecule has 0 heterocycles. The molecule has 1 aromatic carbocycles. The Hall–Kier alpha value is -1.64. The van der Waals surface area contributed by atoms with Gasteiger partial charge in [0.15, 0.2) is 5.78 Å². The van der Waals surface area contributed by atoms with Crippen molar-refractivity contribution < 1.29 is 9.59 Å². The predicted octanol–water partition coefficient (Wildman–Crippen LogP) is 5.14. The summed E-state index contributed by atoms with van der Waals surface area (Å²) in [6.07, 6.45) is 10.5. The number of hydrogen-bond donors (Lipinski definition) is 1. The third-order valence-corrected chi connectivity index (χ3v) is 4.81. The van der Waals surface area contributed by atoms with E-state index in [2.05, 4.69) is 6.92 Å². The van der Waals surface area contributed by atoms with E-state index in [1.54, 1.807) is 12.1 Å². The lowest BCUT2D eigenvalue weighted by molar-refractivity contribution is -0.123. The van der Waals surface area contributed by atoms with Crippen molar-refractivity contribution in [3.8, 4) is 0 Å². The van der Waals surface area contributed by atoms with Crippen LogP contribution in [0.3, 0.4) is 0 Å². The molecular weight excluding hydrogens is 298 g/mol. The minimum Gasteiger partial charge on any atom is -0.369 e. The van der Waals surface area contributed by atoms with Gasteiger partial charge in [-0.25, -0.2) is 0 Å². The van der Waals surface area contributed by atoms with Crippen molar-refractivity contribution >= 4 is 11.7 Å². The van der Waals surface area contributed by atoms with Crippen molar-refractivity contribution in [3.05, 3.63) is 35.9 Å². The van der Waals surface area contributed by atoms with Gasteiger partial charge in [0.1, 0.15) is 0 Å². The van der Waals surface area contributed by atoms with E-state index in [1.807, 2.05) is 25.1 Å². The number of nitrogens with two attached hydrogens (primary N) is 1. The van der Waals surface area contributed by atoms with E-state index in [9.17, 15) is 9.59 Å². The highest BCUT2D eigenvalue weighted by atomic mass is 16.1. The summed E-state index contributed by atoms with van der Waals surface area (Å²) in [4.78, 5) is 24.3. The fourth-order valence-corrected chi connectivity index (χ4v) is 3.18. The van der Waals surface area contributed by atoms with E-state index >= 15 is 0 Å². The summed E-state index contributed by atoms with van der Waals surface area (Å²) in [6, 6.07) is 9.17. The van der Waals surface area contributed by atoms with Crippen LogP contribution in [0.2, 0.25) is 0 Å². The van der Waals surface area contributed by atoms with Gasteiger partial charge in [0.05, 0.1) is 0 Å². The average molecular weight is 332 g/mol. The van der Waals surface area contributed by atoms with Crippen molar-refractivity contribution in [1.82, 2.24) is 0 Å². The van der Waals surface area contributed by atoms with E-state index in [0.717, 1.165) is 12.8 Å². The Morgan fingerprint density at radius 3 is 2.00 bits per heavy atom. The summed E-state index contributed by atoms with van der Waals surface area (Å²) in [7, 11) is 0. The van der Waals surface area contributed by atoms with Crippen LogP contribution in [0.1, 0.15) is 82.0 Å². The van der Waals surface area contributed by atoms with Crippen LogP contribution in [-0.4, -0.2) is 11.7 Å². The number of primary amides is 1. The molecule has 2 atom stereocenters. The molecule has 0 aliphatic rings. The number of amides is 1. The normalized spacial score (nSPS) is 13.4. The molecule has 0 saturated heterocycles. The summed E-state index contributed by atoms with van der Waals surface area (Å²) >= 11 is 0. The van der Waals surface area contributed by atoms with Crippen LogP contribution >= 0.6 is 0 Å². The van der Waals surface area contributed by atoms with E-state index in [-0.39, 0.29) is 23.5 Å². The highest BCUT2D eigenvalue weighted by Gasteiger charge is 2.28. The molecule has 0 aliphatic heterocycles. The number of carbonyl (C=O) groups excluding carboxylic acids is 2. The van der Waals surface area contributed by atoms with Crippen LogP contribution in [0.25, 0.3) is 0 Å². The van der Waals surface area contributed by atoms with Crippen molar-refractivity contribution in [3.63, 3.8) is 0 Å². The molecular formula is C21H33NO2. The fourth-order valence-electron chi connectivity index (χ4n) is 3.18. The Morgan fingerprint density at radius 2 is 1.46 bits per heavy atom. The smallest absolute Gasteiger partial charge is 0.221 e. The Bertz CT molecular complexity index is 484. The molecule has 0 spiro atoms. The molecule has 24 heavy (non-hydrogen) atoms. The number of rotatable bonds is 13. The third kappa shape index (κ3) is 7.29. The lowest BCUT2D eigenvalue weighted by Crippen LogP contribution is -2.33. The van der Waals surface area contributed by atoms with Crippen molar-refractivity contribution in [1.29, 1.82) is 0 Å². The second-order valence-electron chi connectivity index (χ2n) is 6.79. The fraction of sp³-hybridized carbons (Fsp3) is 0.619. The van der Waals surface area contributed by atoms with Crippen LogP contribution in [0.15, 0.2) is 30.3 Å². The molecule has 0 aliphatic carbocycles. The highest BCUT2D eigenvalue weighted by Crippen LogP contribution is 2.23. The number of hydrogen-bond acceptors (Lipinski definition) is 2. The van der Waals surface area contributed by atoms with Crippen LogP contribution in [-0.2, 0) is 4.79 Å². The molecule has 0 radical (unpaired) electrons. The van der Waals surface area contributed by atoms with Gasteiger partial charge in [-0.15, -0.1) is 0 Å². The molecule has 0 fully saturated rings. The standard InChI is InChI=1S/C21H33NO2/c1-3-4-5-6-7-8-9-13-16-19(21(22)24)17(2)20(23)18-14-11-10-12-15-18/h10-12,14-15,17,19H,3-9,13,16H2,1-2H3,(H2,22,24). The van der Waals surface area contributed by atoms with Gasteiger partial charge in [0.25, 0.3) is 0 Å². The van der Waals surface area contributed by atoms with Gasteiger partial charge in [0, 0.05) is 17.4 Å². The van der Waals surface area contributed by atoms with E-state index in [1.165, 1.54) is 38.5 Å². The van der Waals surface area contributed by atoms with Gasteiger partial charge >= 0.3 is 0 Å². The molecule has 2 unspecified atom stereocenters. The van der Waals surface area contributed by atoms with Crippen molar-refractivity contribution in [2.24, 2.45) is 17.6 Å². The van der Waals surface area contributed by atoms with Crippen molar-refractivity contribution in [2.75, 3.05) is 0 Å². The topological polar surface area (TPSA) is 60.2 Å². The van der Waals surface area contributed by atoms with Gasteiger partial charge in [-0.1, -0.05) is 95.5 Å². The van der Waals surface area contributed by atoms with Gasteiger partial charge in [-0.2, -0.15) is 0 Å². The van der Waals surface area contributed by atoms with Crippen LogP contribution < -0.4 is 5.73 Å². The molecule has 2 N–H and O–H groups in total. The van der Waals surface area contributed by atoms with Crippen molar-refractivity contribution in [2.45, 2.75) is 71.6 Å². The second-order valence-corrected chi connectivity index (χ2v) is 6.79. The first-order valence-electron chi connectivity index (χ1n) is 9.46. The maximum absolute atomic E-state index is 12.5. The van der Waals surface area contributed by atoms with Crippen LogP contribution in [0, 0.1) is 11.8 Å². The number of benzene rings is 1. The van der Waals surface area contributed by atoms with Crippen LogP contribution in [0.5, 0.6) is 0 Å². The molecule has 0 aromatic heterocycles.